The zero-order chi connectivity index (χ0) is 11.7. The summed E-state index contributed by atoms with van der Waals surface area (Å²) in [4.78, 5) is 13.6. The molecule has 86 valence electrons. The van der Waals surface area contributed by atoms with E-state index in [0.29, 0.717) is 10.6 Å². The average Bonchev–Trinajstić information content (AvgIpc) is 2.64. The number of benzene rings is 1. The second kappa shape index (κ2) is 4.46. The third-order valence-corrected chi connectivity index (χ3v) is 3.43. The minimum absolute atomic E-state index is 0.0198. The van der Waals surface area contributed by atoms with Crippen LogP contribution in [0.4, 0.5) is 5.69 Å². The molecule has 2 nitrogen and oxygen atoms in total. The van der Waals surface area contributed by atoms with Crippen molar-refractivity contribution in [2.24, 2.45) is 5.92 Å². The molecular weight excluding hydrogens is 222 g/mol. The third kappa shape index (κ3) is 2.22. The summed E-state index contributed by atoms with van der Waals surface area (Å²) in [6, 6.07) is 5.71. The minimum atomic E-state index is 0.0198. The number of hydrogen-bond donors (Lipinski definition) is 0. The lowest BCUT2D eigenvalue weighted by Gasteiger charge is -2.18. The molecular formula is C13H16ClNO. The molecule has 1 aromatic rings. The maximum absolute atomic E-state index is 11.3. The molecule has 3 heteroatoms. The van der Waals surface area contributed by atoms with Gasteiger partial charge in [-0.05, 0) is 37.5 Å². The van der Waals surface area contributed by atoms with Crippen LogP contribution >= 0.6 is 11.6 Å². The molecule has 1 heterocycles. The summed E-state index contributed by atoms with van der Waals surface area (Å²) in [6.07, 6.45) is 1.23. The summed E-state index contributed by atoms with van der Waals surface area (Å²) in [6.45, 7) is 5.96. The van der Waals surface area contributed by atoms with Gasteiger partial charge in [-0.3, -0.25) is 4.79 Å². The van der Waals surface area contributed by atoms with Gasteiger partial charge in [-0.25, -0.2) is 0 Å². The number of carbonyl (C=O) groups excluding carboxylic acids is 1. The van der Waals surface area contributed by atoms with E-state index < -0.39 is 0 Å². The molecule has 0 saturated carbocycles. The smallest absolute Gasteiger partial charge is 0.161 e. The molecule has 1 aliphatic heterocycles. The lowest BCUT2D eigenvalue weighted by molar-refractivity contribution is 0.101. The van der Waals surface area contributed by atoms with E-state index in [9.17, 15) is 4.79 Å². The second-order valence-corrected chi connectivity index (χ2v) is 4.97. The fourth-order valence-electron chi connectivity index (χ4n) is 2.16. The number of carbonyl (C=O) groups is 1. The van der Waals surface area contributed by atoms with E-state index in [1.807, 2.05) is 18.2 Å². The van der Waals surface area contributed by atoms with Crippen LogP contribution < -0.4 is 4.90 Å². The van der Waals surface area contributed by atoms with Crippen molar-refractivity contribution in [3.05, 3.63) is 28.8 Å². The van der Waals surface area contributed by atoms with E-state index in [4.69, 9.17) is 11.6 Å². The molecule has 1 saturated heterocycles. The number of Topliss-reactive ketones (excluding diaryl/α,β-unsaturated/α-hetero) is 1. The Morgan fingerprint density at radius 3 is 2.75 bits per heavy atom. The predicted molar refractivity (Wildman–Crippen MR) is 67.5 cm³/mol. The lowest BCUT2D eigenvalue weighted by Crippen LogP contribution is -2.19. The number of hydrogen-bond acceptors (Lipinski definition) is 2. The van der Waals surface area contributed by atoms with Gasteiger partial charge in [0.05, 0.1) is 5.02 Å². The highest BCUT2D eigenvalue weighted by atomic mass is 35.5. The fraction of sp³-hybridized carbons (Fsp3) is 0.462. The van der Waals surface area contributed by atoms with Crippen molar-refractivity contribution >= 4 is 23.1 Å². The Morgan fingerprint density at radius 1 is 1.50 bits per heavy atom. The summed E-state index contributed by atoms with van der Waals surface area (Å²) in [5.74, 6) is 0.762. The van der Waals surface area contributed by atoms with Crippen LogP contribution in [0.2, 0.25) is 5.02 Å². The SMILES string of the molecule is CC(=O)c1ccc(N2CCC(C)C2)cc1Cl. The van der Waals surface area contributed by atoms with E-state index in [0.717, 1.165) is 24.7 Å². The van der Waals surface area contributed by atoms with Crippen LogP contribution in [0.5, 0.6) is 0 Å². The summed E-state index contributed by atoms with van der Waals surface area (Å²) in [5, 5.41) is 0.560. The molecule has 1 fully saturated rings. The van der Waals surface area contributed by atoms with Crippen molar-refractivity contribution in [3.63, 3.8) is 0 Å². The zero-order valence-electron chi connectivity index (χ0n) is 9.66. The van der Waals surface area contributed by atoms with Crippen LogP contribution in [0.1, 0.15) is 30.6 Å². The monoisotopic (exact) mass is 237 g/mol. The van der Waals surface area contributed by atoms with Crippen molar-refractivity contribution in [1.82, 2.24) is 0 Å². The summed E-state index contributed by atoms with van der Waals surface area (Å²) in [7, 11) is 0. The highest BCUT2D eigenvalue weighted by Gasteiger charge is 2.19. The van der Waals surface area contributed by atoms with Crippen molar-refractivity contribution in [3.8, 4) is 0 Å². The lowest BCUT2D eigenvalue weighted by atomic mass is 10.1. The Labute approximate surface area is 101 Å². The normalized spacial score (nSPS) is 20.2. The number of anilines is 1. The fourth-order valence-corrected chi connectivity index (χ4v) is 2.46. The maximum Gasteiger partial charge on any atom is 0.161 e. The van der Waals surface area contributed by atoms with Crippen LogP contribution in [-0.2, 0) is 0 Å². The average molecular weight is 238 g/mol. The van der Waals surface area contributed by atoms with Crippen LogP contribution in [-0.4, -0.2) is 18.9 Å². The van der Waals surface area contributed by atoms with E-state index in [1.165, 1.54) is 6.42 Å². The molecule has 0 aliphatic carbocycles. The van der Waals surface area contributed by atoms with Gasteiger partial charge in [0.1, 0.15) is 0 Å². The highest BCUT2D eigenvalue weighted by Crippen LogP contribution is 2.28. The van der Waals surface area contributed by atoms with Crippen LogP contribution in [0.3, 0.4) is 0 Å². The number of ketones is 1. The molecule has 1 atom stereocenters. The van der Waals surface area contributed by atoms with Gasteiger partial charge in [-0.2, -0.15) is 0 Å². The Kier molecular flexibility index (Phi) is 3.20. The minimum Gasteiger partial charge on any atom is -0.371 e. The molecule has 0 amide bonds. The van der Waals surface area contributed by atoms with Gasteiger partial charge < -0.3 is 4.90 Å². The van der Waals surface area contributed by atoms with Gasteiger partial charge in [-0.15, -0.1) is 0 Å². The first-order chi connectivity index (χ1) is 7.58. The molecule has 0 spiro atoms. The highest BCUT2D eigenvalue weighted by molar-refractivity contribution is 6.34. The molecule has 0 N–H and O–H groups in total. The van der Waals surface area contributed by atoms with Crippen molar-refractivity contribution in [2.75, 3.05) is 18.0 Å². The predicted octanol–water partition coefficient (Wildman–Crippen LogP) is 3.39. The number of halogens is 1. The number of nitrogens with zero attached hydrogens (tertiary/aromatic N) is 1. The topological polar surface area (TPSA) is 20.3 Å². The van der Waals surface area contributed by atoms with Crippen molar-refractivity contribution < 1.29 is 4.79 Å². The number of rotatable bonds is 2. The third-order valence-electron chi connectivity index (χ3n) is 3.12. The molecule has 0 aromatic heterocycles. The summed E-state index contributed by atoms with van der Waals surface area (Å²) in [5.41, 5.74) is 1.73. The Morgan fingerprint density at radius 2 is 2.25 bits per heavy atom. The quantitative estimate of drug-likeness (QED) is 0.735. The Bertz CT molecular complexity index is 416. The first-order valence-corrected chi connectivity index (χ1v) is 6.01. The van der Waals surface area contributed by atoms with Crippen molar-refractivity contribution in [2.45, 2.75) is 20.3 Å². The molecule has 0 bridgehead atoms. The van der Waals surface area contributed by atoms with E-state index in [2.05, 4.69) is 11.8 Å². The van der Waals surface area contributed by atoms with E-state index in [1.54, 1.807) is 6.92 Å². The van der Waals surface area contributed by atoms with E-state index in [-0.39, 0.29) is 5.78 Å². The van der Waals surface area contributed by atoms with Gasteiger partial charge in [0, 0.05) is 24.3 Å². The Balaban J connectivity index is 2.24. The van der Waals surface area contributed by atoms with Gasteiger partial charge in [0.15, 0.2) is 5.78 Å². The van der Waals surface area contributed by atoms with Crippen molar-refractivity contribution in [1.29, 1.82) is 0 Å². The van der Waals surface area contributed by atoms with Gasteiger partial charge in [0.25, 0.3) is 0 Å². The molecule has 1 unspecified atom stereocenters. The molecule has 1 aliphatic rings. The molecule has 16 heavy (non-hydrogen) atoms. The van der Waals surface area contributed by atoms with Gasteiger partial charge >= 0.3 is 0 Å². The second-order valence-electron chi connectivity index (χ2n) is 4.56. The Hall–Kier alpha value is -1.02. The van der Waals surface area contributed by atoms with Crippen LogP contribution in [0.15, 0.2) is 18.2 Å². The molecule has 0 radical (unpaired) electrons. The molecule has 1 aromatic carbocycles. The van der Waals surface area contributed by atoms with Gasteiger partial charge in [0.2, 0.25) is 0 Å². The van der Waals surface area contributed by atoms with Crippen LogP contribution in [0, 0.1) is 5.92 Å². The summed E-state index contributed by atoms with van der Waals surface area (Å²) < 4.78 is 0. The van der Waals surface area contributed by atoms with E-state index >= 15 is 0 Å². The standard InChI is InChI=1S/C13H16ClNO/c1-9-5-6-15(8-9)11-3-4-12(10(2)16)13(14)7-11/h3-4,7,9H,5-6,8H2,1-2H3. The maximum atomic E-state index is 11.3. The largest absolute Gasteiger partial charge is 0.371 e. The molecule has 2 rings (SSSR count). The van der Waals surface area contributed by atoms with Gasteiger partial charge in [-0.1, -0.05) is 18.5 Å². The first kappa shape index (κ1) is 11.5. The first-order valence-electron chi connectivity index (χ1n) is 5.63. The summed E-state index contributed by atoms with van der Waals surface area (Å²) >= 11 is 6.09. The van der Waals surface area contributed by atoms with Crippen LogP contribution in [0.25, 0.3) is 0 Å². The zero-order valence-corrected chi connectivity index (χ0v) is 10.4.